The Bertz CT molecular complexity index is 609. The first-order chi connectivity index (χ1) is 11.6. The van der Waals surface area contributed by atoms with Crippen LogP contribution in [0.15, 0.2) is 18.3 Å². The summed E-state index contributed by atoms with van der Waals surface area (Å²) in [6.07, 6.45) is 5.66. The molecule has 1 aromatic heterocycles. The smallest absolute Gasteiger partial charge is 0.272 e. The minimum atomic E-state index is -0.0394. The summed E-state index contributed by atoms with van der Waals surface area (Å²) < 4.78 is 0. The maximum Gasteiger partial charge on any atom is 0.272 e. The van der Waals surface area contributed by atoms with Crippen molar-refractivity contribution in [2.24, 2.45) is 5.92 Å². The van der Waals surface area contributed by atoms with Crippen molar-refractivity contribution in [2.45, 2.75) is 38.6 Å². The molecule has 0 radical (unpaired) electrons. The van der Waals surface area contributed by atoms with E-state index < -0.39 is 0 Å². The standard InChI is InChI=1S/C18H26N4O2.2ClH/c1-13-5-2-9-20-16(13)18(24)22-10-4-6-14(12-22)11-21-17(23)15-7-3-8-19-15;;/h2,5,9,14-15,19H,3-4,6-8,10-12H2,1H3,(H,21,23);2*1H. The third-order valence-corrected chi connectivity index (χ3v) is 4.96. The molecule has 3 heterocycles. The molecular weight excluding hydrogens is 375 g/mol. The number of nitrogens with one attached hydrogen (secondary N) is 2. The highest BCUT2D eigenvalue weighted by atomic mass is 35.5. The molecule has 2 aliphatic rings. The normalized spacial score (nSPS) is 22.1. The van der Waals surface area contributed by atoms with E-state index in [1.54, 1.807) is 6.20 Å². The lowest BCUT2D eigenvalue weighted by Gasteiger charge is -2.33. The van der Waals surface area contributed by atoms with Crippen molar-refractivity contribution < 1.29 is 9.59 Å². The van der Waals surface area contributed by atoms with Crippen LogP contribution in [-0.2, 0) is 4.79 Å². The zero-order valence-corrected chi connectivity index (χ0v) is 16.7. The van der Waals surface area contributed by atoms with Gasteiger partial charge in [-0.3, -0.25) is 14.6 Å². The third-order valence-electron chi connectivity index (χ3n) is 4.96. The van der Waals surface area contributed by atoms with Gasteiger partial charge in [0.2, 0.25) is 5.91 Å². The summed E-state index contributed by atoms with van der Waals surface area (Å²) in [4.78, 5) is 30.9. The number of carbonyl (C=O) groups is 2. The molecule has 2 atom stereocenters. The van der Waals surface area contributed by atoms with Crippen molar-refractivity contribution in [2.75, 3.05) is 26.2 Å². The number of aromatic nitrogens is 1. The Balaban J connectivity index is 0.00000169. The highest BCUT2D eigenvalue weighted by molar-refractivity contribution is 5.93. The number of amides is 2. The fourth-order valence-corrected chi connectivity index (χ4v) is 3.55. The van der Waals surface area contributed by atoms with E-state index >= 15 is 0 Å². The summed E-state index contributed by atoms with van der Waals surface area (Å²) in [5.41, 5.74) is 1.45. The maximum atomic E-state index is 12.7. The second-order valence-corrected chi connectivity index (χ2v) is 6.82. The number of piperidine rings is 1. The Morgan fingerprint density at radius 2 is 2.12 bits per heavy atom. The van der Waals surface area contributed by atoms with Gasteiger partial charge in [-0.25, -0.2) is 0 Å². The molecule has 2 aliphatic heterocycles. The van der Waals surface area contributed by atoms with E-state index in [2.05, 4.69) is 15.6 Å². The Morgan fingerprint density at radius 1 is 1.31 bits per heavy atom. The topological polar surface area (TPSA) is 74.3 Å². The number of aryl methyl sites for hydroxylation is 1. The second kappa shape index (κ2) is 10.7. The number of pyridine rings is 1. The number of nitrogens with zero attached hydrogens (tertiary/aromatic N) is 2. The van der Waals surface area contributed by atoms with Crippen LogP contribution in [0.25, 0.3) is 0 Å². The van der Waals surface area contributed by atoms with E-state index in [9.17, 15) is 9.59 Å². The summed E-state index contributed by atoms with van der Waals surface area (Å²) in [6.45, 7) is 4.93. The van der Waals surface area contributed by atoms with Gasteiger partial charge >= 0.3 is 0 Å². The Morgan fingerprint density at radius 3 is 2.81 bits per heavy atom. The predicted octanol–water partition coefficient (Wildman–Crippen LogP) is 1.95. The first-order valence-corrected chi connectivity index (χ1v) is 8.87. The largest absolute Gasteiger partial charge is 0.354 e. The monoisotopic (exact) mass is 402 g/mol. The molecule has 0 bridgehead atoms. The highest BCUT2D eigenvalue weighted by Crippen LogP contribution is 2.19. The number of hydrogen-bond acceptors (Lipinski definition) is 4. The molecule has 0 spiro atoms. The van der Waals surface area contributed by atoms with Crippen LogP contribution in [0.1, 0.15) is 41.7 Å². The predicted molar refractivity (Wildman–Crippen MR) is 106 cm³/mol. The Labute approximate surface area is 167 Å². The van der Waals surface area contributed by atoms with Crippen LogP contribution >= 0.6 is 24.8 Å². The molecule has 2 fully saturated rings. The number of rotatable bonds is 4. The second-order valence-electron chi connectivity index (χ2n) is 6.82. The van der Waals surface area contributed by atoms with Crippen LogP contribution in [0.3, 0.4) is 0 Å². The van der Waals surface area contributed by atoms with Crippen LogP contribution < -0.4 is 10.6 Å². The van der Waals surface area contributed by atoms with Gasteiger partial charge < -0.3 is 15.5 Å². The lowest BCUT2D eigenvalue weighted by atomic mass is 9.97. The zero-order chi connectivity index (χ0) is 16.9. The molecule has 26 heavy (non-hydrogen) atoms. The highest BCUT2D eigenvalue weighted by Gasteiger charge is 2.27. The van der Waals surface area contributed by atoms with Crippen LogP contribution in [0, 0.1) is 12.8 Å². The van der Waals surface area contributed by atoms with Crippen molar-refractivity contribution in [3.05, 3.63) is 29.6 Å². The van der Waals surface area contributed by atoms with Crippen molar-refractivity contribution in [1.82, 2.24) is 20.5 Å². The zero-order valence-electron chi connectivity index (χ0n) is 15.1. The summed E-state index contributed by atoms with van der Waals surface area (Å²) in [6, 6.07) is 3.72. The summed E-state index contributed by atoms with van der Waals surface area (Å²) in [7, 11) is 0. The van der Waals surface area contributed by atoms with Gasteiger partial charge in [0.1, 0.15) is 5.69 Å². The summed E-state index contributed by atoms with van der Waals surface area (Å²) in [5.74, 6) is 0.412. The van der Waals surface area contributed by atoms with E-state index in [0.717, 1.165) is 44.3 Å². The molecular formula is C18H28Cl2N4O2. The van der Waals surface area contributed by atoms with E-state index in [-0.39, 0.29) is 42.7 Å². The van der Waals surface area contributed by atoms with Crippen LogP contribution in [0.4, 0.5) is 0 Å². The molecule has 2 unspecified atom stereocenters. The number of likely N-dealkylation sites (tertiary alicyclic amines) is 1. The molecule has 0 aliphatic carbocycles. The number of hydrogen-bond donors (Lipinski definition) is 2. The summed E-state index contributed by atoms with van der Waals surface area (Å²) >= 11 is 0. The fraction of sp³-hybridized carbons (Fsp3) is 0.611. The minimum absolute atomic E-state index is 0. The van der Waals surface area contributed by atoms with Crippen molar-refractivity contribution in [1.29, 1.82) is 0 Å². The van der Waals surface area contributed by atoms with Gasteiger partial charge in [0.25, 0.3) is 5.91 Å². The molecule has 8 heteroatoms. The summed E-state index contributed by atoms with van der Waals surface area (Å²) in [5, 5.41) is 6.26. The van der Waals surface area contributed by atoms with Crippen molar-refractivity contribution in [3.8, 4) is 0 Å². The molecule has 2 N–H and O–H groups in total. The van der Waals surface area contributed by atoms with Crippen LogP contribution in [-0.4, -0.2) is 53.9 Å². The SMILES string of the molecule is Cc1cccnc1C(=O)N1CCCC(CNC(=O)C2CCCN2)C1.Cl.Cl. The quantitative estimate of drug-likeness (QED) is 0.806. The van der Waals surface area contributed by atoms with E-state index in [1.807, 2.05) is 24.0 Å². The van der Waals surface area contributed by atoms with Gasteiger partial charge in [-0.1, -0.05) is 6.07 Å². The number of carbonyl (C=O) groups excluding carboxylic acids is 2. The molecule has 0 saturated carbocycles. The van der Waals surface area contributed by atoms with Gasteiger partial charge in [-0.2, -0.15) is 0 Å². The average molecular weight is 403 g/mol. The Kier molecular flexibility index (Phi) is 9.33. The van der Waals surface area contributed by atoms with E-state index in [0.29, 0.717) is 24.7 Å². The molecule has 1 aromatic rings. The molecule has 2 saturated heterocycles. The molecule has 6 nitrogen and oxygen atoms in total. The molecule has 0 aromatic carbocycles. The van der Waals surface area contributed by atoms with Gasteiger partial charge in [0, 0.05) is 25.8 Å². The van der Waals surface area contributed by atoms with Crippen molar-refractivity contribution in [3.63, 3.8) is 0 Å². The van der Waals surface area contributed by atoms with Gasteiger partial charge in [0.05, 0.1) is 6.04 Å². The average Bonchev–Trinajstić information content (AvgIpc) is 3.14. The van der Waals surface area contributed by atoms with Gasteiger partial charge in [-0.15, -0.1) is 24.8 Å². The lowest BCUT2D eigenvalue weighted by Crippen LogP contribution is -2.47. The molecule has 146 valence electrons. The fourth-order valence-electron chi connectivity index (χ4n) is 3.55. The van der Waals surface area contributed by atoms with Crippen LogP contribution in [0.2, 0.25) is 0 Å². The number of halogens is 2. The Hall–Kier alpha value is -1.37. The van der Waals surface area contributed by atoms with Crippen LogP contribution in [0.5, 0.6) is 0 Å². The van der Waals surface area contributed by atoms with Crippen molar-refractivity contribution >= 4 is 36.6 Å². The van der Waals surface area contributed by atoms with E-state index in [1.165, 1.54) is 0 Å². The lowest BCUT2D eigenvalue weighted by molar-refractivity contribution is -0.123. The van der Waals surface area contributed by atoms with Gasteiger partial charge in [0.15, 0.2) is 0 Å². The maximum absolute atomic E-state index is 12.7. The molecule has 2 amide bonds. The van der Waals surface area contributed by atoms with E-state index in [4.69, 9.17) is 0 Å². The first-order valence-electron chi connectivity index (χ1n) is 8.87. The minimum Gasteiger partial charge on any atom is -0.354 e. The third kappa shape index (κ3) is 5.56. The first kappa shape index (κ1) is 22.7. The molecule has 3 rings (SSSR count). The van der Waals surface area contributed by atoms with Gasteiger partial charge in [-0.05, 0) is 56.7 Å².